The summed E-state index contributed by atoms with van der Waals surface area (Å²) in [7, 11) is 0. The number of carbonyl (C=O) groups excluding carboxylic acids is 1. The van der Waals surface area contributed by atoms with E-state index in [0.717, 1.165) is 11.1 Å². The maximum atomic E-state index is 13.1. The van der Waals surface area contributed by atoms with Gasteiger partial charge < -0.3 is 10.5 Å². The number of nitrogens with two attached hydrogens (primary N) is 1. The van der Waals surface area contributed by atoms with Crippen LogP contribution in [0.1, 0.15) is 43.4 Å². The fraction of sp³-hybridized carbons (Fsp3) is 0.318. The number of aryl methyl sites for hydroxylation is 1. The molecule has 0 saturated heterocycles. The third kappa shape index (κ3) is 4.18. The Labute approximate surface area is 150 Å². The monoisotopic (exact) mass is 337 g/mol. The molecule has 0 radical (unpaired) electrons. The van der Waals surface area contributed by atoms with Crippen LogP contribution in [0.3, 0.4) is 0 Å². The Morgan fingerprint density at radius 1 is 1.08 bits per heavy atom. The van der Waals surface area contributed by atoms with E-state index in [1.54, 1.807) is 6.08 Å². The minimum atomic E-state index is -1.36. The standard InChI is InChI=1S/C22H27NO2/c1-6-19(17-14-12-16(2)13-15-17)22(23,18-10-8-7-9-11-18)20(24)25-21(3,4)5/h6-15,19H,1,23H2,2-5H3/t19-,22+/m0/s1. The second-order valence-electron chi connectivity index (χ2n) is 7.36. The van der Waals surface area contributed by atoms with E-state index in [9.17, 15) is 4.79 Å². The molecular weight excluding hydrogens is 310 g/mol. The van der Waals surface area contributed by atoms with Crippen molar-refractivity contribution in [3.8, 4) is 0 Å². The van der Waals surface area contributed by atoms with Crippen molar-refractivity contribution in [1.29, 1.82) is 0 Å². The van der Waals surface area contributed by atoms with E-state index in [1.165, 1.54) is 0 Å². The Hall–Kier alpha value is -2.39. The van der Waals surface area contributed by atoms with Gasteiger partial charge in [0.2, 0.25) is 0 Å². The second kappa shape index (κ2) is 7.24. The van der Waals surface area contributed by atoms with Gasteiger partial charge in [-0.2, -0.15) is 0 Å². The number of esters is 1. The molecule has 2 atom stereocenters. The highest BCUT2D eigenvalue weighted by Crippen LogP contribution is 2.38. The van der Waals surface area contributed by atoms with E-state index >= 15 is 0 Å². The molecule has 0 unspecified atom stereocenters. The van der Waals surface area contributed by atoms with Gasteiger partial charge in [-0.1, -0.05) is 66.2 Å². The van der Waals surface area contributed by atoms with E-state index in [-0.39, 0.29) is 0 Å². The van der Waals surface area contributed by atoms with Gasteiger partial charge in [-0.3, -0.25) is 0 Å². The molecule has 0 aliphatic heterocycles. The van der Waals surface area contributed by atoms with Crippen LogP contribution in [-0.2, 0) is 15.1 Å². The van der Waals surface area contributed by atoms with Crippen molar-refractivity contribution in [3.63, 3.8) is 0 Å². The van der Waals surface area contributed by atoms with Crippen molar-refractivity contribution in [3.05, 3.63) is 83.9 Å². The first-order valence-electron chi connectivity index (χ1n) is 8.45. The molecule has 2 N–H and O–H groups in total. The summed E-state index contributed by atoms with van der Waals surface area (Å²) in [4.78, 5) is 13.1. The van der Waals surface area contributed by atoms with Crippen LogP contribution in [0.15, 0.2) is 67.3 Å². The zero-order valence-electron chi connectivity index (χ0n) is 15.5. The smallest absolute Gasteiger partial charge is 0.332 e. The zero-order chi connectivity index (χ0) is 18.7. The van der Waals surface area contributed by atoms with Crippen molar-refractivity contribution in [1.82, 2.24) is 0 Å². The number of hydrogen-bond acceptors (Lipinski definition) is 3. The molecule has 2 aromatic rings. The van der Waals surface area contributed by atoms with E-state index in [4.69, 9.17) is 10.5 Å². The third-order valence-corrected chi connectivity index (χ3v) is 4.15. The molecule has 0 heterocycles. The maximum Gasteiger partial charge on any atom is 0.332 e. The van der Waals surface area contributed by atoms with Gasteiger partial charge in [0.25, 0.3) is 0 Å². The molecule has 3 heteroatoms. The van der Waals surface area contributed by atoms with Crippen LogP contribution >= 0.6 is 0 Å². The van der Waals surface area contributed by atoms with Crippen molar-refractivity contribution < 1.29 is 9.53 Å². The lowest BCUT2D eigenvalue weighted by Gasteiger charge is -2.36. The van der Waals surface area contributed by atoms with Gasteiger partial charge >= 0.3 is 5.97 Å². The third-order valence-electron chi connectivity index (χ3n) is 4.15. The number of benzene rings is 2. The van der Waals surface area contributed by atoms with Gasteiger partial charge in [-0.15, -0.1) is 6.58 Å². The number of carbonyl (C=O) groups is 1. The Morgan fingerprint density at radius 2 is 1.64 bits per heavy atom. The molecule has 0 aliphatic rings. The van der Waals surface area contributed by atoms with Crippen molar-refractivity contribution in [2.75, 3.05) is 0 Å². The Balaban J connectivity index is 2.58. The normalized spacial score (nSPS) is 15.1. The number of rotatable bonds is 5. The fourth-order valence-corrected chi connectivity index (χ4v) is 2.86. The average Bonchev–Trinajstić information content (AvgIpc) is 2.56. The molecule has 0 aromatic heterocycles. The topological polar surface area (TPSA) is 52.3 Å². The van der Waals surface area contributed by atoms with Crippen LogP contribution in [0.5, 0.6) is 0 Å². The summed E-state index contributed by atoms with van der Waals surface area (Å²) >= 11 is 0. The van der Waals surface area contributed by atoms with Crippen LogP contribution in [0.2, 0.25) is 0 Å². The maximum absolute atomic E-state index is 13.1. The van der Waals surface area contributed by atoms with Crippen LogP contribution in [0.25, 0.3) is 0 Å². The molecule has 2 rings (SSSR count). The van der Waals surface area contributed by atoms with Crippen molar-refractivity contribution in [2.45, 2.75) is 44.8 Å². The highest BCUT2D eigenvalue weighted by atomic mass is 16.6. The van der Waals surface area contributed by atoms with E-state index < -0.39 is 23.0 Å². The molecule has 0 spiro atoms. The van der Waals surface area contributed by atoms with Crippen LogP contribution < -0.4 is 5.73 Å². The Bertz CT molecular complexity index is 729. The van der Waals surface area contributed by atoms with E-state index in [0.29, 0.717) is 5.56 Å². The lowest BCUT2D eigenvalue weighted by Crippen LogP contribution is -2.52. The van der Waals surface area contributed by atoms with Crippen molar-refractivity contribution >= 4 is 5.97 Å². The summed E-state index contributed by atoms with van der Waals surface area (Å²) in [6.45, 7) is 11.5. The van der Waals surface area contributed by atoms with Crippen LogP contribution in [-0.4, -0.2) is 11.6 Å². The molecule has 0 bridgehead atoms. The highest BCUT2D eigenvalue weighted by molar-refractivity contribution is 5.84. The minimum Gasteiger partial charge on any atom is -0.458 e. The molecule has 0 aliphatic carbocycles. The van der Waals surface area contributed by atoms with Gasteiger partial charge in [-0.25, -0.2) is 4.79 Å². The summed E-state index contributed by atoms with van der Waals surface area (Å²) in [5, 5.41) is 0. The summed E-state index contributed by atoms with van der Waals surface area (Å²) in [6, 6.07) is 17.3. The zero-order valence-corrected chi connectivity index (χ0v) is 15.5. The molecule has 0 amide bonds. The lowest BCUT2D eigenvalue weighted by molar-refractivity contribution is -0.162. The summed E-state index contributed by atoms with van der Waals surface area (Å²) in [5.74, 6) is -0.873. The molecule has 2 aromatic carbocycles. The second-order valence-corrected chi connectivity index (χ2v) is 7.36. The quantitative estimate of drug-likeness (QED) is 0.647. The van der Waals surface area contributed by atoms with Gasteiger partial charge in [0.1, 0.15) is 5.60 Å². The summed E-state index contributed by atoms with van der Waals surface area (Å²) < 4.78 is 5.67. The summed E-state index contributed by atoms with van der Waals surface area (Å²) in [6.07, 6.45) is 1.72. The van der Waals surface area contributed by atoms with Gasteiger partial charge in [0, 0.05) is 5.92 Å². The van der Waals surface area contributed by atoms with Crippen LogP contribution in [0.4, 0.5) is 0 Å². The molecule has 25 heavy (non-hydrogen) atoms. The highest BCUT2D eigenvalue weighted by Gasteiger charge is 2.46. The average molecular weight is 337 g/mol. The first-order chi connectivity index (χ1) is 11.7. The van der Waals surface area contributed by atoms with Gasteiger partial charge in [0.15, 0.2) is 5.54 Å². The molecule has 0 fully saturated rings. The Kier molecular flexibility index (Phi) is 5.48. The Morgan fingerprint density at radius 3 is 2.12 bits per heavy atom. The first-order valence-corrected chi connectivity index (χ1v) is 8.45. The SMILES string of the molecule is C=C[C@@H](c1ccc(C)cc1)[C@@](N)(C(=O)OC(C)(C)C)c1ccccc1. The predicted octanol–water partition coefficient (Wildman–Crippen LogP) is 4.46. The first kappa shape index (κ1) is 18.9. The summed E-state index contributed by atoms with van der Waals surface area (Å²) in [5.41, 5.74) is 7.54. The van der Waals surface area contributed by atoms with Crippen molar-refractivity contribution in [2.24, 2.45) is 5.73 Å². The molecule has 0 saturated carbocycles. The van der Waals surface area contributed by atoms with E-state index in [2.05, 4.69) is 6.58 Å². The molecule has 132 valence electrons. The fourth-order valence-electron chi connectivity index (χ4n) is 2.86. The van der Waals surface area contributed by atoms with Gasteiger partial charge in [0.05, 0.1) is 0 Å². The number of ether oxygens (including phenoxy) is 1. The lowest BCUT2D eigenvalue weighted by atomic mass is 9.75. The minimum absolute atomic E-state index is 0.412. The van der Waals surface area contributed by atoms with Gasteiger partial charge in [-0.05, 0) is 38.8 Å². The van der Waals surface area contributed by atoms with E-state index in [1.807, 2.05) is 82.3 Å². The largest absolute Gasteiger partial charge is 0.458 e. The molecular formula is C22H27NO2. The number of hydrogen-bond donors (Lipinski definition) is 1. The predicted molar refractivity (Wildman–Crippen MR) is 102 cm³/mol. The van der Waals surface area contributed by atoms with Crippen LogP contribution in [0, 0.1) is 6.92 Å². The molecule has 3 nitrogen and oxygen atoms in total.